The van der Waals surface area contributed by atoms with Crippen molar-refractivity contribution in [2.24, 2.45) is 0 Å². The second kappa shape index (κ2) is 8.30. The molecule has 0 saturated carbocycles. The van der Waals surface area contributed by atoms with Gasteiger partial charge in [-0.25, -0.2) is 8.42 Å². The van der Waals surface area contributed by atoms with Gasteiger partial charge >= 0.3 is 0 Å². The van der Waals surface area contributed by atoms with Crippen LogP contribution in [0.3, 0.4) is 0 Å². The number of hydrogen-bond acceptors (Lipinski definition) is 9. The van der Waals surface area contributed by atoms with Crippen molar-refractivity contribution in [3.63, 3.8) is 0 Å². The first-order valence-electron chi connectivity index (χ1n) is 9.28. The van der Waals surface area contributed by atoms with Crippen molar-refractivity contribution in [2.75, 3.05) is 26.1 Å². The second-order valence-electron chi connectivity index (χ2n) is 6.66. The van der Waals surface area contributed by atoms with Crippen LogP contribution in [0.25, 0.3) is 11.0 Å². The van der Waals surface area contributed by atoms with E-state index in [4.69, 9.17) is 18.7 Å². The van der Waals surface area contributed by atoms with Gasteiger partial charge in [-0.2, -0.15) is 5.10 Å². The average molecular weight is 460 g/mol. The largest absolute Gasteiger partial charge is 0.504 e. The number of sulfonamides is 1. The van der Waals surface area contributed by atoms with Crippen LogP contribution in [0.5, 0.6) is 23.0 Å². The topological polar surface area (TPSA) is 138 Å². The van der Waals surface area contributed by atoms with Crippen LogP contribution in [0.4, 0.5) is 5.82 Å². The highest BCUT2D eigenvalue weighted by atomic mass is 32.2. The molecule has 11 nitrogen and oxygen atoms in total. The van der Waals surface area contributed by atoms with E-state index in [1.165, 1.54) is 33.5 Å². The number of anilines is 1. The molecule has 2 aromatic carbocycles. The summed E-state index contributed by atoms with van der Waals surface area (Å²) in [6, 6.07) is 7.86. The van der Waals surface area contributed by atoms with E-state index >= 15 is 0 Å². The zero-order chi connectivity index (χ0) is 22.9. The predicted molar refractivity (Wildman–Crippen MR) is 114 cm³/mol. The van der Waals surface area contributed by atoms with Crippen molar-refractivity contribution in [2.45, 2.75) is 11.4 Å². The van der Waals surface area contributed by atoms with Gasteiger partial charge in [-0.15, -0.1) is 0 Å². The van der Waals surface area contributed by atoms with Crippen LogP contribution in [0, 0.1) is 0 Å². The van der Waals surface area contributed by atoms with Gasteiger partial charge in [0.05, 0.1) is 27.9 Å². The Morgan fingerprint density at radius 2 is 1.91 bits per heavy atom. The lowest BCUT2D eigenvalue weighted by atomic mass is 10.1. The molecule has 4 rings (SSSR count). The summed E-state index contributed by atoms with van der Waals surface area (Å²) in [5.41, 5.74) is 1.14. The van der Waals surface area contributed by atoms with E-state index in [0.717, 1.165) is 5.56 Å². The Bertz CT molecular complexity index is 1360. The number of aromatic hydroxyl groups is 1. The number of ether oxygens (including phenoxy) is 3. The summed E-state index contributed by atoms with van der Waals surface area (Å²) in [5, 5.41) is 18.4. The van der Waals surface area contributed by atoms with Crippen molar-refractivity contribution in [1.29, 1.82) is 0 Å². The third-order valence-electron chi connectivity index (χ3n) is 4.70. The molecule has 0 unspecified atom stereocenters. The molecule has 168 valence electrons. The maximum atomic E-state index is 13.2. The van der Waals surface area contributed by atoms with E-state index in [1.807, 2.05) is 6.20 Å². The number of phenolic OH excluding ortho intramolecular Hbond substituents is 1. The first kappa shape index (κ1) is 21.3. The van der Waals surface area contributed by atoms with Gasteiger partial charge in [0.2, 0.25) is 0 Å². The van der Waals surface area contributed by atoms with E-state index < -0.39 is 10.0 Å². The minimum Gasteiger partial charge on any atom is -0.504 e. The van der Waals surface area contributed by atoms with Crippen LogP contribution in [-0.4, -0.2) is 49.8 Å². The Morgan fingerprint density at radius 3 is 2.56 bits per heavy atom. The molecular formula is C20H20N4O7S. The van der Waals surface area contributed by atoms with Gasteiger partial charge in [0, 0.05) is 12.4 Å². The molecule has 4 aromatic rings. The van der Waals surface area contributed by atoms with Crippen molar-refractivity contribution < 1.29 is 32.3 Å². The van der Waals surface area contributed by atoms with Crippen LogP contribution in [0.1, 0.15) is 5.56 Å². The molecule has 0 amide bonds. The fraction of sp³-hybridized carbons (Fsp3) is 0.200. The molecule has 2 heterocycles. The number of nitrogens with zero attached hydrogens (tertiary/aromatic N) is 3. The molecule has 12 heteroatoms. The first-order valence-corrected chi connectivity index (χ1v) is 10.8. The standard InChI is InChI=1S/C20H20N4O7S/c1-28-14-6-5-13(25)18(30-3)19(14)32(26,27)23-20-17-15(29-2)9-12(10-16(17)31-22-20)11-24-8-4-7-21-24/h4-10,25H,11H2,1-3H3,(H,22,23). The van der Waals surface area contributed by atoms with Crippen molar-refractivity contribution in [3.05, 3.63) is 48.3 Å². The molecule has 0 saturated heterocycles. The molecule has 0 spiro atoms. The zero-order valence-corrected chi connectivity index (χ0v) is 18.2. The SMILES string of the molecule is COc1ccc(O)c(OC)c1S(=O)(=O)Nc1noc2cc(Cn3cccn3)cc(OC)c12. The Balaban J connectivity index is 1.78. The van der Waals surface area contributed by atoms with E-state index in [9.17, 15) is 13.5 Å². The molecule has 0 aliphatic heterocycles. The molecular weight excluding hydrogens is 440 g/mol. The summed E-state index contributed by atoms with van der Waals surface area (Å²) in [4.78, 5) is -0.382. The highest BCUT2D eigenvalue weighted by Gasteiger charge is 2.30. The molecule has 0 aliphatic carbocycles. The van der Waals surface area contributed by atoms with Gasteiger partial charge in [-0.3, -0.25) is 9.40 Å². The van der Waals surface area contributed by atoms with E-state index in [1.54, 1.807) is 29.1 Å². The minimum atomic E-state index is -4.31. The molecule has 0 aliphatic rings. The van der Waals surface area contributed by atoms with Crippen molar-refractivity contribution in [1.82, 2.24) is 14.9 Å². The minimum absolute atomic E-state index is 0.0200. The lowest BCUT2D eigenvalue weighted by molar-refractivity contribution is 0.347. The van der Waals surface area contributed by atoms with Gasteiger partial charge in [0.1, 0.15) is 16.9 Å². The number of hydrogen-bond donors (Lipinski definition) is 2. The highest BCUT2D eigenvalue weighted by Crippen LogP contribution is 2.42. The number of benzene rings is 2. The quantitative estimate of drug-likeness (QED) is 0.406. The third-order valence-corrected chi connectivity index (χ3v) is 6.09. The molecule has 32 heavy (non-hydrogen) atoms. The Kier molecular flexibility index (Phi) is 5.53. The molecule has 0 bridgehead atoms. The van der Waals surface area contributed by atoms with Crippen LogP contribution in [-0.2, 0) is 16.6 Å². The maximum absolute atomic E-state index is 13.2. The van der Waals surface area contributed by atoms with Gasteiger partial charge < -0.3 is 23.8 Å². The Labute approximate surface area is 183 Å². The molecule has 0 radical (unpaired) electrons. The Morgan fingerprint density at radius 1 is 1.12 bits per heavy atom. The first-order chi connectivity index (χ1) is 15.4. The smallest absolute Gasteiger partial charge is 0.270 e. The van der Waals surface area contributed by atoms with E-state index in [2.05, 4.69) is 15.0 Å². The van der Waals surface area contributed by atoms with Gasteiger partial charge in [0.15, 0.2) is 27.8 Å². The summed E-state index contributed by atoms with van der Waals surface area (Å²) >= 11 is 0. The summed E-state index contributed by atoms with van der Waals surface area (Å²) in [6.07, 6.45) is 3.48. The summed E-state index contributed by atoms with van der Waals surface area (Å²) < 4.78 is 51.6. The number of methoxy groups -OCH3 is 3. The summed E-state index contributed by atoms with van der Waals surface area (Å²) in [7, 11) is -0.308. The maximum Gasteiger partial charge on any atom is 0.270 e. The van der Waals surface area contributed by atoms with Crippen molar-refractivity contribution >= 4 is 26.8 Å². The zero-order valence-electron chi connectivity index (χ0n) is 17.4. The predicted octanol–water partition coefficient (Wildman–Crippen LogP) is 2.60. The lowest BCUT2D eigenvalue weighted by Gasteiger charge is -2.15. The summed E-state index contributed by atoms with van der Waals surface area (Å²) in [5.74, 6) is -0.375. The summed E-state index contributed by atoms with van der Waals surface area (Å²) in [6.45, 7) is 0.457. The fourth-order valence-electron chi connectivity index (χ4n) is 3.32. The molecule has 2 N–H and O–H groups in total. The van der Waals surface area contributed by atoms with Gasteiger partial charge in [0.25, 0.3) is 10.0 Å². The van der Waals surface area contributed by atoms with Crippen LogP contribution in [0.15, 0.2) is 52.1 Å². The monoisotopic (exact) mass is 460 g/mol. The van der Waals surface area contributed by atoms with Crippen molar-refractivity contribution in [3.8, 4) is 23.0 Å². The number of aromatic nitrogens is 3. The highest BCUT2D eigenvalue weighted by molar-refractivity contribution is 7.93. The van der Waals surface area contributed by atoms with E-state index in [-0.39, 0.29) is 28.0 Å². The number of rotatable bonds is 8. The number of fused-ring (bicyclic) bond motifs is 1. The van der Waals surface area contributed by atoms with E-state index in [0.29, 0.717) is 23.3 Å². The van der Waals surface area contributed by atoms with Crippen LogP contribution < -0.4 is 18.9 Å². The molecule has 0 fully saturated rings. The number of nitrogens with one attached hydrogen (secondary N) is 1. The van der Waals surface area contributed by atoms with Gasteiger partial charge in [-0.1, -0.05) is 5.16 Å². The normalized spacial score (nSPS) is 11.5. The number of phenols is 1. The average Bonchev–Trinajstić information content (AvgIpc) is 3.43. The second-order valence-corrected chi connectivity index (χ2v) is 8.28. The lowest BCUT2D eigenvalue weighted by Crippen LogP contribution is -2.16. The molecule has 2 aromatic heterocycles. The van der Waals surface area contributed by atoms with Crippen LogP contribution in [0.2, 0.25) is 0 Å². The van der Waals surface area contributed by atoms with Gasteiger partial charge in [-0.05, 0) is 35.9 Å². The van der Waals surface area contributed by atoms with Crippen LogP contribution >= 0.6 is 0 Å². The fourth-order valence-corrected chi connectivity index (χ4v) is 4.66. The third kappa shape index (κ3) is 3.75. The Hall–Kier alpha value is -3.93. The molecule has 0 atom stereocenters.